The van der Waals surface area contributed by atoms with Crippen LogP contribution in [0, 0.1) is 0 Å². The molecule has 1 unspecified atom stereocenters. The van der Waals surface area contributed by atoms with Gasteiger partial charge in [0.1, 0.15) is 0 Å². The van der Waals surface area contributed by atoms with E-state index in [1.165, 1.54) is 0 Å². The number of rotatable bonds is 3. The summed E-state index contributed by atoms with van der Waals surface area (Å²) in [5.74, 6) is 0.216. The van der Waals surface area contributed by atoms with E-state index in [-0.39, 0.29) is 11.9 Å². The minimum absolute atomic E-state index is 0.113. The minimum atomic E-state index is 0.113. The molecule has 1 saturated heterocycles. The van der Waals surface area contributed by atoms with Crippen molar-refractivity contribution in [3.63, 3.8) is 0 Å². The van der Waals surface area contributed by atoms with Gasteiger partial charge in [0.2, 0.25) is 5.91 Å². The molecule has 1 heterocycles. The van der Waals surface area contributed by atoms with Crippen LogP contribution in [0.5, 0.6) is 0 Å². The first kappa shape index (κ1) is 10.5. The molecule has 1 aliphatic heterocycles. The number of carbonyl (C=O) groups excluding carboxylic acids is 1. The Morgan fingerprint density at radius 3 is 3.00 bits per heavy atom. The summed E-state index contributed by atoms with van der Waals surface area (Å²) in [4.78, 5) is 13.7. The largest absolute Gasteiger partial charge is 0.355 e. The third-order valence-electron chi connectivity index (χ3n) is 2.61. The first-order valence-corrected chi connectivity index (χ1v) is 5.23. The number of carbonyl (C=O) groups is 1. The molecule has 1 atom stereocenters. The molecule has 13 heavy (non-hydrogen) atoms. The highest BCUT2D eigenvalue weighted by Crippen LogP contribution is 2.10. The molecular formula is C10H20N2O. The van der Waals surface area contributed by atoms with Gasteiger partial charge in [-0.25, -0.2) is 0 Å². The Morgan fingerprint density at radius 2 is 2.31 bits per heavy atom. The van der Waals surface area contributed by atoms with E-state index in [1.807, 2.05) is 7.05 Å². The van der Waals surface area contributed by atoms with Crippen LogP contribution in [-0.4, -0.2) is 37.0 Å². The van der Waals surface area contributed by atoms with E-state index in [0.29, 0.717) is 0 Å². The lowest BCUT2D eigenvalue weighted by molar-refractivity contribution is -0.125. The summed E-state index contributed by atoms with van der Waals surface area (Å²) in [6.07, 6.45) is 4.42. The molecule has 1 fully saturated rings. The molecule has 1 N–H and O–H groups in total. The molecule has 0 aromatic rings. The van der Waals surface area contributed by atoms with E-state index in [1.54, 1.807) is 0 Å². The molecule has 3 nitrogen and oxygen atoms in total. The van der Waals surface area contributed by atoms with Gasteiger partial charge in [-0.1, -0.05) is 6.92 Å². The van der Waals surface area contributed by atoms with Gasteiger partial charge in [-0.15, -0.1) is 0 Å². The molecule has 0 spiro atoms. The molecule has 0 saturated carbocycles. The summed E-state index contributed by atoms with van der Waals surface area (Å²) in [6, 6.07) is 0.113. The van der Waals surface area contributed by atoms with E-state index in [4.69, 9.17) is 0 Å². The van der Waals surface area contributed by atoms with E-state index in [2.05, 4.69) is 17.1 Å². The maximum absolute atomic E-state index is 11.6. The van der Waals surface area contributed by atoms with Crippen molar-refractivity contribution in [3.8, 4) is 0 Å². The van der Waals surface area contributed by atoms with Crippen molar-refractivity contribution in [1.82, 2.24) is 10.2 Å². The molecule has 1 rings (SSSR count). The number of likely N-dealkylation sites (N-methyl/N-ethyl adjacent to an activating group) is 1. The van der Waals surface area contributed by atoms with Crippen molar-refractivity contribution < 1.29 is 4.79 Å². The number of hydrogen-bond acceptors (Lipinski definition) is 2. The summed E-state index contributed by atoms with van der Waals surface area (Å²) >= 11 is 0. The molecular weight excluding hydrogens is 164 g/mol. The average Bonchev–Trinajstić information content (AvgIpc) is 2.30. The Labute approximate surface area is 80.5 Å². The fourth-order valence-corrected chi connectivity index (χ4v) is 1.85. The van der Waals surface area contributed by atoms with Gasteiger partial charge in [0.15, 0.2) is 0 Å². The van der Waals surface area contributed by atoms with Gasteiger partial charge in [-0.3, -0.25) is 9.69 Å². The highest BCUT2D eigenvalue weighted by molar-refractivity contribution is 5.81. The summed E-state index contributed by atoms with van der Waals surface area (Å²) in [7, 11) is 2.04. The van der Waals surface area contributed by atoms with Crippen molar-refractivity contribution in [2.75, 3.05) is 20.1 Å². The van der Waals surface area contributed by atoms with Crippen LogP contribution in [-0.2, 0) is 4.79 Å². The normalized spacial score (nSPS) is 24.2. The van der Waals surface area contributed by atoms with Gasteiger partial charge in [0.25, 0.3) is 0 Å². The van der Waals surface area contributed by atoms with Crippen LogP contribution in [0.4, 0.5) is 0 Å². The third-order valence-corrected chi connectivity index (χ3v) is 2.61. The quantitative estimate of drug-likeness (QED) is 0.709. The van der Waals surface area contributed by atoms with Gasteiger partial charge in [-0.05, 0) is 39.3 Å². The zero-order chi connectivity index (χ0) is 9.68. The van der Waals surface area contributed by atoms with E-state index in [9.17, 15) is 4.79 Å². The van der Waals surface area contributed by atoms with Crippen LogP contribution in [0.2, 0.25) is 0 Å². The van der Waals surface area contributed by atoms with E-state index < -0.39 is 0 Å². The highest BCUT2D eigenvalue weighted by Gasteiger charge is 2.23. The number of nitrogens with zero attached hydrogens (tertiary/aromatic N) is 1. The van der Waals surface area contributed by atoms with Crippen LogP contribution in [0.15, 0.2) is 0 Å². The predicted octanol–water partition coefficient (Wildman–Crippen LogP) is 0.997. The second kappa shape index (κ2) is 5.22. The van der Waals surface area contributed by atoms with E-state index in [0.717, 1.165) is 38.8 Å². The molecule has 0 aromatic carbocycles. The summed E-state index contributed by atoms with van der Waals surface area (Å²) in [6.45, 7) is 4.01. The second-order valence-corrected chi connectivity index (χ2v) is 3.78. The maximum Gasteiger partial charge on any atom is 0.237 e. The number of amides is 1. The lowest BCUT2D eigenvalue weighted by atomic mass is 10.1. The number of hydrogen-bond donors (Lipinski definition) is 1. The topological polar surface area (TPSA) is 32.3 Å². The van der Waals surface area contributed by atoms with Crippen LogP contribution in [0.25, 0.3) is 0 Å². The Kier molecular flexibility index (Phi) is 4.22. The molecule has 3 heteroatoms. The molecule has 0 bridgehead atoms. The van der Waals surface area contributed by atoms with Gasteiger partial charge in [0.05, 0.1) is 6.04 Å². The molecule has 0 radical (unpaired) electrons. The van der Waals surface area contributed by atoms with Gasteiger partial charge in [-0.2, -0.15) is 0 Å². The standard InChI is InChI=1S/C10H20N2O/c1-3-8-12(2)9-6-4-5-7-11-10(9)13/h9H,3-8H2,1-2H3,(H,11,13). The van der Waals surface area contributed by atoms with Gasteiger partial charge < -0.3 is 5.32 Å². The molecule has 1 amide bonds. The fraction of sp³-hybridized carbons (Fsp3) is 0.900. The lowest BCUT2D eigenvalue weighted by Crippen LogP contribution is -2.44. The van der Waals surface area contributed by atoms with Crippen molar-refractivity contribution in [1.29, 1.82) is 0 Å². The minimum Gasteiger partial charge on any atom is -0.355 e. The second-order valence-electron chi connectivity index (χ2n) is 3.78. The van der Waals surface area contributed by atoms with Crippen molar-refractivity contribution in [2.45, 2.75) is 38.6 Å². The summed E-state index contributed by atoms with van der Waals surface area (Å²) < 4.78 is 0. The predicted molar refractivity (Wildman–Crippen MR) is 53.6 cm³/mol. The number of nitrogens with one attached hydrogen (secondary N) is 1. The van der Waals surface area contributed by atoms with Crippen molar-refractivity contribution >= 4 is 5.91 Å². The van der Waals surface area contributed by atoms with Crippen molar-refractivity contribution in [2.24, 2.45) is 0 Å². The zero-order valence-corrected chi connectivity index (χ0v) is 8.68. The van der Waals surface area contributed by atoms with Gasteiger partial charge >= 0.3 is 0 Å². The summed E-state index contributed by atoms with van der Waals surface area (Å²) in [5.41, 5.74) is 0. The fourth-order valence-electron chi connectivity index (χ4n) is 1.85. The Morgan fingerprint density at radius 1 is 1.54 bits per heavy atom. The average molecular weight is 184 g/mol. The molecule has 76 valence electrons. The Hall–Kier alpha value is -0.570. The molecule has 0 aliphatic carbocycles. The van der Waals surface area contributed by atoms with Crippen molar-refractivity contribution in [3.05, 3.63) is 0 Å². The summed E-state index contributed by atoms with van der Waals surface area (Å²) in [5, 5.41) is 2.95. The highest BCUT2D eigenvalue weighted by atomic mass is 16.2. The van der Waals surface area contributed by atoms with Crippen LogP contribution >= 0.6 is 0 Å². The van der Waals surface area contributed by atoms with Crippen LogP contribution in [0.1, 0.15) is 32.6 Å². The maximum atomic E-state index is 11.6. The van der Waals surface area contributed by atoms with Crippen LogP contribution in [0.3, 0.4) is 0 Å². The molecule has 1 aliphatic rings. The lowest BCUT2D eigenvalue weighted by Gasteiger charge is -2.24. The van der Waals surface area contributed by atoms with Gasteiger partial charge in [0, 0.05) is 6.54 Å². The zero-order valence-electron chi connectivity index (χ0n) is 8.68. The smallest absolute Gasteiger partial charge is 0.237 e. The molecule has 0 aromatic heterocycles. The Bertz CT molecular complexity index is 170. The first-order chi connectivity index (χ1) is 6.25. The first-order valence-electron chi connectivity index (χ1n) is 5.23. The SMILES string of the molecule is CCCN(C)C1CCCCNC1=O. The monoisotopic (exact) mass is 184 g/mol. The Balaban J connectivity index is 2.48. The van der Waals surface area contributed by atoms with Crippen LogP contribution < -0.4 is 5.32 Å². The van der Waals surface area contributed by atoms with E-state index >= 15 is 0 Å². The third kappa shape index (κ3) is 2.99.